The summed E-state index contributed by atoms with van der Waals surface area (Å²) in [5.74, 6) is 2.47. The summed E-state index contributed by atoms with van der Waals surface area (Å²) in [5, 5.41) is 3.05. The smallest absolute Gasteiger partial charge is 0.251 e. The molecule has 1 aromatic rings. The van der Waals surface area contributed by atoms with Gasteiger partial charge in [0.05, 0.1) is 4.58 Å². The first-order valence-electron chi connectivity index (χ1n) is 8.01. The van der Waals surface area contributed by atoms with E-state index < -0.39 is 0 Å². The molecule has 5 heteroatoms. The number of thioether (sulfide) groups is 2. The molecule has 2 rings (SSSR count). The second kappa shape index (κ2) is 8.85. The lowest BCUT2D eigenvalue weighted by atomic mass is 10.1. The topological polar surface area (TPSA) is 32.3 Å². The number of amides is 1. The first-order valence-corrected chi connectivity index (χ1v) is 10.1. The SMILES string of the molecule is CCN(CC)C(C)CNC(=O)c1ccc(C2SCCS2)cc1. The quantitative estimate of drug-likeness (QED) is 0.823. The van der Waals surface area contributed by atoms with Crippen molar-refractivity contribution in [2.75, 3.05) is 31.1 Å². The summed E-state index contributed by atoms with van der Waals surface area (Å²) >= 11 is 3.98. The zero-order chi connectivity index (χ0) is 15.9. The molecule has 0 bridgehead atoms. The van der Waals surface area contributed by atoms with Crippen LogP contribution in [-0.2, 0) is 0 Å². The van der Waals surface area contributed by atoms with Crippen molar-refractivity contribution in [3.8, 4) is 0 Å². The van der Waals surface area contributed by atoms with Crippen LogP contribution < -0.4 is 5.32 Å². The number of nitrogens with one attached hydrogen (secondary N) is 1. The summed E-state index contributed by atoms with van der Waals surface area (Å²) in [6, 6.07) is 8.46. The second-order valence-electron chi connectivity index (χ2n) is 5.48. The minimum absolute atomic E-state index is 0.0253. The van der Waals surface area contributed by atoms with Crippen molar-refractivity contribution >= 4 is 29.4 Å². The van der Waals surface area contributed by atoms with Crippen LogP contribution in [0.1, 0.15) is 41.3 Å². The Morgan fingerprint density at radius 2 is 1.82 bits per heavy atom. The number of rotatable bonds is 7. The van der Waals surface area contributed by atoms with Gasteiger partial charge in [0.25, 0.3) is 5.91 Å². The third-order valence-electron chi connectivity index (χ3n) is 4.06. The highest BCUT2D eigenvalue weighted by atomic mass is 32.2. The predicted octanol–water partition coefficient (Wildman–Crippen LogP) is 3.63. The summed E-state index contributed by atoms with van der Waals surface area (Å²) in [6.07, 6.45) is 0. The Bertz CT molecular complexity index is 468. The van der Waals surface area contributed by atoms with E-state index in [0.717, 1.165) is 18.7 Å². The Kier molecular flexibility index (Phi) is 7.12. The Balaban J connectivity index is 1.87. The van der Waals surface area contributed by atoms with Crippen molar-refractivity contribution in [1.82, 2.24) is 10.2 Å². The molecule has 1 unspecified atom stereocenters. The Labute approximate surface area is 142 Å². The van der Waals surface area contributed by atoms with Gasteiger partial charge in [-0.05, 0) is 37.7 Å². The number of likely N-dealkylation sites (N-methyl/N-ethyl adjacent to an activating group) is 1. The van der Waals surface area contributed by atoms with Crippen LogP contribution in [0.5, 0.6) is 0 Å². The monoisotopic (exact) mass is 338 g/mol. The van der Waals surface area contributed by atoms with Crippen molar-refractivity contribution in [3.05, 3.63) is 35.4 Å². The van der Waals surface area contributed by atoms with Gasteiger partial charge in [0.1, 0.15) is 0 Å². The standard InChI is InChI=1S/C17H26N2OS2/c1-4-19(5-2)13(3)12-18-16(20)14-6-8-15(9-7-14)17-21-10-11-22-17/h6-9,13,17H,4-5,10-12H2,1-3H3,(H,18,20). The number of benzene rings is 1. The van der Waals surface area contributed by atoms with Crippen LogP contribution in [0, 0.1) is 0 Å². The molecule has 1 aromatic carbocycles. The molecule has 1 fully saturated rings. The van der Waals surface area contributed by atoms with Crippen LogP contribution >= 0.6 is 23.5 Å². The molecule has 1 aliphatic rings. The maximum atomic E-state index is 12.2. The zero-order valence-electron chi connectivity index (χ0n) is 13.7. The first kappa shape index (κ1) is 17.7. The molecule has 1 saturated heterocycles. The van der Waals surface area contributed by atoms with Crippen molar-refractivity contribution in [3.63, 3.8) is 0 Å². The zero-order valence-corrected chi connectivity index (χ0v) is 15.3. The second-order valence-corrected chi connectivity index (χ2v) is 8.20. The average molecular weight is 339 g/mol. The molecule has 0 aliphatic carbocycles. The Hall–Kier alpha value is -0.650. The summed E-state index contributed by atoms with van der Waals surface area (Å²) in [5.41, 5.74) is 2.07. The highest BCUT2D eigenvalue weighted by Gasteiger charge is 2.18. The van der Waals surface area contributed by atoms with E-state index in [0.29, 0.717) is 17.2 Å². The van der Waals surface area contributed by atoms with E-state index in [2.05, 4.69) is 43.1 Å². The lowest BCUT2D eigenvalue weighted by Crippen LogP contribution is -2.42. The highest BCUT2D eigenvalue weighted by molar-refractivity contribution is 8.19. The Morgan fingerprint density at radius 1 is 1.23 bits per heavy atom. The molecule has 122 valence electrons. The van der Waals surface area contributed by atoms with Gasteiger partial charge in [-0.25, -0.2) is 0 Å². The number of hydrogen-bond donors (Lipinski definition) is 1. The van der Waals surface area contributed by atoms with Crippen molar-refractivity contribution in [2.45, 2.75) is 31.4 Å². The maximum absolute atomic E-state index is 12.2. The number of hydrogen-bond acceptors (Lipinski definition) is 4. The molecule has 0 saturated carbocycles. The summed E-state index contributed by atoms with van der Waals surface area (Å²) in [6.45, 7) is 9.18. The van der Waals surface area contributed by atoms with Crippen LogP contribution in [0.2, 0.25) is 0 Å². The summed E-state index contributed by atoms with van der Waals surface area (Å²) in [4.78, 5) is 14.6. The highest BCUT2D eigenvalue weighted by Crippen LogP contribution is 2.45. The molecular weight excluding hydrogens is 312 g/mol. The molecule has 1 atom stereocenters. The fourth-order valence-electron chi connectivity index (χ4n) is 2.66. The molecule has 1 heterocycles. The van der Waals surface area contributed by atoms with Crippen molar-refractivity contribution in [2.24, 2.45) is 0 Å². The third kappa shape index (κ3) is 4.67. The van der Waals surface area contributed by atoms with Crippen LogP contribution in [0.25, 0.3) is 0 Å². The van der Waals surface area contributed by atoms with Gasteiger partial charge in [-0.3, -0.25) is 9.69 Å². The maximum Gasteiger partial charge on any atom is 0.251 e. The summed E-state index contributed by atoms with van der Waals surface area (Å²) in [7, 11) is 0. The molecule has 1 aliphatic heterocycles. The van der Waals surface area contributed by atoms with Gasteiger partial charge in [-0.2, -0.15) is 0 Å². The van der Waals surface area contributed by atoms with Gasteiger partial charge in [0, 0.05) is 29.7 Å². The number of carbonyl (C=O) groups excluding carboxylic acids is 1. The lowest BCUT2D eigenvalue weighted by molar-refractivity contribution is 0.0938. The van der Waals surface area contributed by atoms with Gasteiger partial charge in [-0.1, -0.05) is 26.0 Å². The van der Waals surface area contributed by atoms with E-state index in [-0.39, 0.29) is 5.91 Å². The van der Waals surface area contributed by atoms with E-state index in [1.165, 1.54) is 17.1 Å². The molecule has 1 N–H and O–H groups in total. The largest absolute Gasteiger partial charge is 0.350 e. The fraction of sp³-hybridized carbons (Fsp3) is 0.588. The lowest BCUT2D eigenvalue weighted by Gasteiger charge is -2.26. The normalized spacial score (nSPS) is 16.9. The van der Waals surface area contributed by atoms with Gasteiger partial charge in [0.15, 0.2) is 0 Å². The molecule has 0 radical (unpaired) electrons. The average Bonchev–Trinajstić information content (AvgIpc) is 3.08. The molecular formula is C17H26N2OS2. The van der Waals surface area contributed by atoms with Crippen LogP contribution in [-0.4, -0.2) is 48.0 Å². The first-order chi connectivity index (χ1) is 10.7. The van der Waals surface area contributed by atoms with E-state index in [9.17, 15) is 4.79 Å². The number of carbonyl (C=O) groups is 1. The van der Waals surface area contributed by atoms with Gasteiger partial charge < -0.3 is 5.32 Å². The molecule has 0 aromatic heterocycles. The minimum atomic E-state index is 0.0253. The molecule has 0 spiro atoms. The van der Waals surface area contributed by atoms with E-state index in [4.69, 9.17) is 0 Å². The molecule has 1 amide bonds. The van der Waals surface area contributed by atoms with E-state index in [1.54, 1.807) is 0 Å². The van der Waals surface area contributed by atoms with Crippen LogP contribution in [0.3, 0.4) is 0 Å². The van der Waals surface area contributed by atoms with E-state index in [1.807, 2.05) is 35.7 Å². The van der Waals surface area contributed by atoms with Gasteiger partial charge in [0.2, 0.25) is 0 Å². The van der Waals surface area contributed by atoms with Crippen molar-refractivity contribution in [1.29, 1.82) is 0 Å². The molecule has 3 nitrogen and oxygen atoms in total. The minimum Gasteiger partial charge on any atom is -0.350 e. The van der Waals surface area contributed by atoms with Gasteiger partial charge in [-0.15, -0.1) is 23.5 Å². The summed E-state index contributed by atoms with van der Waals surface area (Å²) < 4.78 is 0.541. The van der Waals surface area contributed by atoms with Crippen molar-refractivity contribution < 1.29 is 4.79 Å². The van der Waals surface area contributed by atoms with Crippen LogP contribution in [0.15, 0.2) is 24.3 Å². The van der Waals surface area contributed by atoms with E-state index >= 15 is 0 Å². The predicted molar refractivity (Wildman–Crippen MR) is 98.8 cm³/mol. The van der Waals surface area contributed by atoms with Gasteiger partial charge >= 0.3 is 0 Å². The van der Waals surface area contributed by atoms with Crippen LogP contribution in [0.4, 0.5) is 0 Å². The third-order valence-corrected chi connectivity index (χ3v) is 7.16. The Morgan fingerprint density at radius 3 is 2.36 bits per heavy atom. The number of nitrogens with zero attached hydrogens (tertiary/aromatic N) is 1. The molecule has 22 heavy (non-hydrogen) atoms. The fourth-order valence-corrected chi connectivity index (χ4v) is 5.52.